The molecule has 2 bridgehead atoms. The fraction of sp³-hybridized carbons (Fsp3) is 0.846. The van der Waals surface area contributed by atoms with E-state index in [0.29, 0.717) is 32.8 Å². The molecule has 0 unspecified atom stereocenters. The van der Waals surface area contributed by atoms with Gasteiger partial charge < -0.3 is 18.9 Å². The number of hydrogen-bond acceptors (Lipinski definition) is 4. The Labute approximate surface area is 103 Å². The van der Waals surface area contributed by atoms with Crippen LogP contribution in [-0.2, 0) is 18.9 Å². The Kier molecular flexibility index (Phi) is 4.05. The topological polar surface area (TPSA) is 36.9 Å². The number of terminal acetylenes is 1. The van der Waals surface area contributed by atoms with Crippen LogP contribution in [0.4, 0.5) is 0 Å². The first-order valence-electron chi connectivity index (χ1n) is 6.17. The molecule has 4 heteroatoms. The van der Waals surface area contributed by atoms with Crippen molar-refractivity contribution in [2.75, 3.05) is 33.0 Å². The minimum Gasteiger partial charge on any atom is -0.372 e. The fourth-order valence-electron chi connectivity index (χ4n) is 2.24. The van der Waals surface area contributed by atoms with Crippen molar-refractivity contribution in [3.8, 4) is 12.3 Å². The van der Waals surface area contributed by atoms with Crippen molar-refractivity contribution in [2.24, 2.45) is 5.41 Å². The van der Waals surface area contributed by atoms with Crippen molar-refractivity contribution in [1.82, 2.24) is 0 Å². The molecule has 0 aromatic rings. The maximum atomic E-state index is 5.68. The van der Waals surface area contributed by atoms with Gasteiger partial charge in [0.25, 0.3) is 0 Å². The summed E-state index contributed by atoms with van der Waals surface area (Å²) >= 11 is 0. The summed E-state index contributed by atoms with van der Waals surface area (Å²) in [5.74, 6) is 1.54. The summed E-state index contributed by atoms with van der Waals surface area (Å²) in [5, 5.41) is 0. The van der Waals surface area contributed by atoms with Gasteiger partial charge in [-0.2, -0.15) is 0 Å². The third-order valence-electron chi connectivity index (χ3n) is 3.24. The second-order valence-corrected chi connectivity index (χ2v) is 4.81. The van der Waals surface area contributed by atoms with Gasteiger partial charge in [0.15, 0.2) is 0 Å². The molecule has 3 rings (SSSR count). The Balaban J connectivity index is 1.80. The summed E-state index contributed by atoms with van der Waals surface area (Å²) in [7, 11) is 0. The molecule has 0 N–H and O–H groups in total. The van der Waals surface area contributed by atoms with Gasteiger partial charge in [0.1, 0.15) is 6.61 Å². The van der Waals surface area contributed by atoms with Crippen molar-refractivity contribution in [3.05, 3.63) is 0 Å². The molecule has 0 amide bonds. The molecule has 3 heterocycles. The zero-order valence-electron chi connectivity index (χ0n) is 10.4. The highest BCUT2D eigenvalue weighted by atomic mass is 16.9. The van der Waals surface area contributed by atoms with Crippen molar-refractivity contribution in [2.45, 2.75) is 32.2 Å². The third kappa shape index (κ3) is 2.80. The van der Waals surface area contributed by atoms with Crippen LogP contribution in [0.2, 0.25) is 0 Å². The predicted molar refractivity (Wildman–Crippen MR) is 62.2 cm³/mol. The molecule has 0 spiro atoms. The number of fused-ring (bicyclic) bond motifs is 3. The summed E-state index contributed by atoms with van der Waals surface area (Å²) in [6, 6.07) is 0. The van der Waals surface area contributed by atoms with Crippen molar-refractivity contribution >= 4 is 0 Å². The van der Waals surface area contributed by atoms with Crippen LogP contribution in [-0.4, -0.2) is 39.0 Å². The van der Waals surface area contributed by atoms with Crippen LogP contribution in [0.1, 0.15) is 26.2 Å². The fourth-order valence-corrected chi connectivity index (χ4v) is 2.24. The van der Waals surface area contributed by atoms with E-state index in [1.807, 2.05) is 0 Å². The van der Waals surface area contributed by atoms with E-state index in [-0.39, 0.29) is 12.0 Å². The molecular weight excluding hydrogens is 220 g/mol. The van der Waals surface area contributed by atoms with Gasteiger partial charge >= 0.3 is 5.97 Å². The maximum Gasteiger partial charge on any atom is 0.307 e. The summed E-state index contributed by atoms with van der Waals surface area (Å²) in [6.07, 6.45) is 7.92. The van der Waals surface area contributed by atoms with Crippen LogP contribution in [0.15, 0.2) is 0 Å². The van der Waals surface area contributed by atoms with E-state index in [1.165, 1.54) is 0 Å². The molecule has 0 aromatic carbocycles. The molecule has 0 radical (unpaired) electrons. The van der Waals surface area contributed by atoms with Crippen molar-refractivity contribution < 1.29 is 18.9 Å². The van der Waals surface area contributed by atoms with Crippen LogP contribution >= 0.6 is 0 Å². The molecule has 0 aliphatic carbocycles. The Morgan fingerprint density at radius 3 is 2.41 bits per heavy atom. The normalized spacial score (nSPS) is 35.8. The highest BCUT2D eigenvalue weighted by molar-refractivity contribution is 4.88. The van der Waals surface area contributed by atoms with Gasteiger partial charge in [0.2, 0.25) is 0 Å². The van der Waals surface area contributed by atoms with Crippen LogP contribution in [0.25, 0.3) is 0 Å². The molecule has 3 aliphatic rings. The molecule has 3 aliphatic heterocycles. The van der Waals surface area contributed by atoms with E-state index in [1.54, 1.807) is 0 Å². The van der Waals surface area contributed by atoms with Gasteiger partial charge in [-0.25, -0.2) is 0 Å². The first-order valence-corrected chi connectivity index (χ1v) is 6.17. The SMILES string of the molecule is C#CCCOCC12OCC(CCC)(CO1)CO2. The molecule has 3 saturated heterocycles. The lowest BCUT2D eigenvalue weighted by molar-refractivity contribution is -0.477. The zero-order valence-corrected chi connectivity index (χ0v) is 10.4. The van der Waals surface area contributed by atoms with Crippen molar-refractivity contribution in [3.63, 3.8) is 0 Å². The minimum absolute atomic E-state index is 0.0509. The van der Waals surface area contributed by atoms with Gasteiger partial charge in [-0.05, 0) is 6.42 Å². The molecule has 0 saturated carbocycles. The van der Waals surface area contributed by atoms with Gasteiger partial charge in [0, 0.05) is 11.8 Å². The van der Waals surface area contributed by atoms with Gasteiger partial charge in [-0.3, -0.25) is 0 Å². The molecule has 4 nitrogen and oxygen atoms in total. The Morgan fingerprint density at radius 2 is 1.88 bits per heavy atom. The lowest BCUT2D eigenvalue weighted by atomic mass is 9.84. The molecule has 17 heavy (non-hydrogen) atoms. The van der Waals surface area contributed by atoms with E-state index >= 15 is 0 Å². The van der Waals surface area contributed by atoms with E-state index in [4.69, 9.17) is 25.4 Å². The molecular formula is C13H20O4. The molecule has 0 atom stereocenters. The predicted octanol–water partition coefficient (Wildman–Crippen LogP) is 1.54. The molecule has 0 aromatic heterocycles. The third-order valence-corrected chi connectivity index (χ3v) is 3.24. The standard InChI is InChI=1S/C13H20O4/c1-3-5-7-14-11-13-15-8-12(6-4-2,9-16-13)10-17-13/h1H,4-11H2,2H3. The second-order valence-electron chi connectivity index (χ2n) is 4.81. The largest absolute Gasteiger partial charge is 0.372 e. The maximum absolute atomic E-state index is 5.68. The quantitative estimate of drug-likeness (QED) is 0.521. The lowest BCUT2D eigenvalue weighted by Gasteiger charge is -2.51. The highest BCUT2D eigenvalue weighted by Crippen LogP contribution is 2.41. The smallest absolute Gasteiger partial charge is 0.307 e. The summed E-state index contributed by atoms with van der Waals surface area (Å²) in [5.41, 5.74) is 0.0509. The van der Waals surface area contributed by atoms with Crippen molar-refractivity contribution in [1.29, 1.82) is 0 Å². The second kappa shape index (κ2) is 5.36. The first-order chi connectivity index (χ1) is 8.24. The number of ether oxygens (including phenoxy) is 4. The lowest BCUT2D eigenvalue weighted by Crippen LogP contribution is -2.61. The van der Waals surface area contributed by atoms with Gasteiger partial charge in [-0.15, -0.1) is 12.3 Å². The Bertz CT molecular complexity index is 270. The van der Waals surface area contributed by atoms with Crippen LogP contribution in [0, 0.1) is 17.8 Å². The Hall–Kier alpha value is -0.600. The van der Waals surface area contributed by atoms with E-state index < -0.39 is 5.97 Å². The van der Waals surface area contributed by atoms with Crippen LogP contribution in [0.5, 0.6) is 0 Å². The van der Waals surface area contributed by atoms with E-state index in [2.05, 4.69) is 12.8 Å². The average Bonchev–Trinajstić information content (AvgIpc) is 2.38. The molecule has 3 fully saturated rings. The summed E-state index contributed by atoms with van der Waals surface area (Å²) < 4.78 is 22.4. The zero-order chi connectivity index (χ0) is 12.2. The molecule has 96 valence electrons. The summed E-state index contributed by atoms with van der Waals surface area (Å²) in [6.45, 7) is 5.04. The van der Waals surface area contributed by atoms with Crippen LogP contribution < -0.4 is 0 Å². The highest BCUT2D eigenvalue weighted by Gasteiger charge is 2.52. The van der Waals surface area contributed by atoms with Gasteiger partial charge in [-0.1, -0.05) is 13.3 Å². The summed E-state index contributed by atoms with van der Waals surface area (Å²) in [4.78, 5) is 0. The van der Waals surface area contributed by atoms with E-state index in [9.17, 15) is 0 Å². The Morgan fingerprint density at radius 1 is 1.24 bits per heavy atom. The first kappa shape index (κ1) is 12.8. The number of hydrogen-bond donors (Lipinski definition) is 0. The van der Waals surface area contributed by atoms with E-state index in [0.717, 1.165) is 12.8 Å². The minimum atomic E-state index is -0.982. The van der Waals surface area contributed by atoms with Gasteiger partial charge in [0.05, 0.1) is 26.4 Å². The monoisotopic (exact) mass is 240 g/mol. The number of rotatable bonds is 6. The van der Waals surface area contributed by atoms with Crippen LogP contribution in [0.3, 0.4) is 0 Å². The average molecular weight is 240 g/mol.